The zero-order valence-corrected chi connectivity index (χ0v) is 32.1. The van der Waals surface area contributed by atoms with Crippen molar-refractivity contribution in [2.24, 2.45) is 11.8 Å². The van der Waals surface area contributed by atoms with Crippen LogP contribution in [0.4, 0.5) is 0 Å². The molecule has 11 nitrogen and oxygen atoms in total. The molecule has 1 fully saturated rings. The van der Waals surface area contributed by atoms with Crippen molar-refractivity contribution in [1.82, 2.24) is 0 Å². The maximum Gasteiger partial charge on any atom is 0.180 e. The molecule has 0 amide bonds. The Morgan fingerprint density at radius 2 is 1.03 bits per heavy atom. The SMILES string of the molecule is O=C(/C=C/c1ccc(O)cc1)C1C(=O)C(C(=O)[C@@](O)(Cc2ccccc2)[C@](O)(Cc2ccccc2)[C@@](O)(Cc2ccccc2)[C@H](O)C(O)Cc2ccccc2)C(O)C1O. The number of aliphatic hydroxyl groups excluding tert-OH is 4. The molecule has 0 spiro atoms. The molecular formula is C48H48O11. The van der Waals surface area contributed by atoms with Crippen molar-refractivity contribution in [3.8, 4) is 5.75 Å². The molecule has 0 radical (unpaired) electrons. The van der Waals surface area contributed by atoms with Gasteiger partial charge in [-0.3, -0.25) is 14.4 Å². The second kappa shape index (κ2) is 18.1. The van der Waals surface area contributed by atoms with Crippen molar-refractivity contribution in [2.45, 2.75) is 66.9 Å². The average molecular weight is 801 g/mol. The van der Waals surface area contributed by atoms with Crippen LogP contribution >= 0.6 is 0 Å². The summed E-state index contributed by atoms with van der Waals surface area (Å²) in [6.07, 6.45) is -8.52. The molecule has 1 saturated carbocycles. The minimum absolute atomic E-state index is 0.0246. The van der Waals surface area contributed by atoms with Gasteiger partial charge in [0.05, 0.1) is 18.3 Å². The molecule has 9 atom stereocenters. The average Bonchev–Trinajstić information content (AvgIpc) is 3.47. The molecule has 5 aromatic carbocycles. The predicted molar refractivity (Wildman–Crippen MR) is 219 cm³/mol. The highest BCUT2D eigenvalue weighted by atomic mass is 16.4. The maximum atomic E-state index is 15.3. The Morgan fingerprint density at radius 1 is 0.593 bits per heavy atom. The van der Waals surface area contributed by atoms with Crippen LogP contribution in [0.5, 0.6) is 5.75 Å². The Labute approximate surface area is 341 Å². The first kappa shape index (κ1) is 43.0. The number of hydrogen-bond acceptors (Lipinski definition) is 11. The van der Waals surface area contributed by atoms with Gasteiger partial charge in [0, 0.05) is 25.7 Å². The molecule has 5 unspecified atom stereocenters. The van der Waals surface area contributed by atoms with Gasteiger partial charge < -0.3 is 40.9 Å². The van der Waals surface area contributed by atoms with Gasteiger partial charge in [0.2, 0.25) is 0 Å². The van der Waals surface area contributed by atoms with Crippen LogP contribution in [0.15, 0.2) is 152 Å². The van der Waals surface area contributed by atoms with Crippen LogP contribution in [-0.2, 0) is 40.1 Å². The largest absolute Gasteiger partial charge is 0.508 e. The summed E-state index contributed by atoms with van der Waals surface area (Å²) in [7, 11) is 0. The Bertz CT molecular complexity index is 2220. The molecule has 8 N–H and O–H groups in total. The number of hydrogen-bond donors (Lipinski definition) is 8. The van der Waals surface area contributed by atoms with Gasteiger partial charge >= 0.3 is 0 Å². The predicted octanol–water partition coefficient (Wildman–Crippen LogP) is 2.97. The molecule has 0 saturated heterocycles. The number of carbonyl (C=O) groups excluding carboxylic acids is 3. The van der Waals surface area contributed by atoms with Crippen molar-refractivity contribution in [2.75, 3.05) is 0 Å². The van der Waals surface area contributed by atoms with Gasteiger partial charge in [-0.2, -0.15) is 0 Å². The van der Waals surface area contributed by atoms with Crippen molar-refractivity contribution >= 4 is 23.4 Å². The quantitative estimate of drug-likeness (QED) is 0.0506. The fourth-order valence-corrected chi connectivity index (χ4v) is 8.21. The number of rotatable bonds is 17. The van der Waals surface area contributed by atoms with E-state index in [9.17, 15) is 50.4 Å². The van der Waals surface area contributed by atoms with Crippen LogP contribution < -0.4 is 0 Å². The lowest BCUT2D eigenvalue weighted by Crippen LogP contribution is -2.78. The van der Waals surface area contributed by atoms with E-state index in [0.717, 1.165) is 6.08 Å². The molecule has 0 heterocycles. The van der Waals surface area contributed by atoms with Gasteiger partial charge in [-0.05, 0) is 46.0 Å². The summed E-state index contributed by atoms with van der Waals surface area (Å²) < 4.78 is 0. The molecule has 11 heteroatoms. The Balaban J connectivity index is 1.51. The third-order valence-electron chi connectivity index (χ3n) is 11.4. The number of allylic oxidation sites excluding steroid dienone is 1. The summed E-state index contributed by atoms with van der Waals surface area (Å²) in [5.74, 6) is -8.01. The number of phenolic OH excluding ortho intramolecular Hbond substituents is 1. The summed E-state index contributed by atoms with van der Waals surface area (Å²) in [5, 5.41) is 96.4. The molecule has 59 heavy (non-hydrogen) atoms. The molecule has 1 aliphatic carbocycles. The molecule has 5 aromatic rings. The summed E-state index contributed by atoms with van der Waals surface area (Å²) in [5.41, 5.74) is -7.64. The van der Waals surface area contributed by atoms with Crippen LogP contribution in [0.25, 0.3) is 6.08 Å². The number of benzene rings is 5. The van der Waals surface area contributed by atoms with E-state index in [1.54, 1.807) is 109 Å². The van der Waals surface area contributed by atoms with Crippen molar-refractivity contribution in [3.63, 3.8) is 0 Å². The van der Waals surface area contributed by atoms with Gasteiger partial charge in [-0.25, -0.2) is 0 Å². The van der Waals surface area contributed by atoms with Gasteiger partial charge in [0.15, 0.2) is 23.0 Å². The molecular weight excluding hydrogens is 753 g/mol. The summed E-state index contributed by atoms with van der Waals surface area (Å²) in [4.78, 5) is 43.1. The third kappa shape index (κ3) is 8.87. The third-order valence-corrected chi connectivity index (χ3v) is 11.4. The summed E-state index contributed by atoms with van der Waals surface area (Å²) >= 11 is 0. The number of aromatic hydroxyl groups is 1. The van der Waals surface area contributed by atoms with E-state index in [1.807, 2.05) is 0 Å². The highest BCUT2D eigenvalue weighted by Gasteiger charge is 2.70. The monoisotopic (exact) mass is 800 g/mol. The van der Waals surface area contributed by atoms with E-state index in [4.69, 9.17) is 0 Å². The van der Waals surface area contributed by atoms with Crippen LogP contribution in [0.2, 0.25) is 0 Å². The van der Waals surface area contributed by atoms with Crippen molar-refractivity contribution in [3.05, 3.63) is 179 Å². The van der Waals surface area contributed by atoms with E-state index in [1.165, 1.54) is 42.5 Å². The van der Waals surface area contributed by atoms with Gasteiger partial charge in [0.25, 0.3) is 0 Å². The summed E-state index contributed by atoms with van der Waals surface area (Å²) in [6, 6.07) is 38.4. The van der Waals surface area contributed by atoms with Gasteiger partial charge in [-0.15, -0.1) is 0 Å². The number of Topliss-reactive ketones (excluding diaryl/α,β-unsaturated/α-hetero) is 2. The minimum atomic E-state index is -3.29. The highest BCUT2D eigenvalue weighted by molar-refractivity contribution is 6.19. The zero-order valence-electron chi connectivity index (χ0n) is 32.1. The fourth-order valence-electron chi connectivity index (χ4n) is 8.21. The standard InChI is InChI=1S/C48H48O11/c49-36-24-21-31(22-25-36)23-26-37(50)39-41(52)40(43(54)42(39)53)45(56)47(58,29-34-17-9-3-10-18-34)48(59,30-35-19-11-4-12-20-35)46(57,28-33-15-7-2-8-16-33)44(55)38(51)27-32-13-5-1-6-14-32/h1-26,38-40,42-44,49,51,53-55,57-59H,27-30H2/b26-23+/t38?,39?,40?,42?,43?,44-,46-,47+,48+/m1/s1. The molecule has 1 aliphatic rings. The molecule has 0 bridgehead atoms. The lowest BCUT2D eigenvalue weighted by atomic mass is 9.58. The Morgan fingerprint density at radius 3 is 1.54 bits per heavy atom. The van der Waals surface area contributed by atoms with Crippen molar-refractivity contribution in [1.29, 1.82) is 0 Å². The minimum Gasteiger partial charge on any atom is -0.508 e. The topological polar surface area (TPSA) is 213 Å². The van der Waals surface area contributed by atoms with Crippen LogP contribution in [0.1, 0.15) is 27.8 Å². The second-order valence-corrected chi connectivity index (χ2v) is 15.4. The van der Waals surface area contributed by atoms with Crippen molar-refractivity contribution < 1.29 is 55.2 Å². The fraction of sp³-hybridized carbons (Fsp3) is 0.271. The molecule has 0 aromatic heterocycles. The van der Waals surface area contributed by atoms with E-state index >= 15 is 4.79 Å². The van der Waals surface area contributed by atoms with Crippen LogP contribution in [-0.4, -0.2) is 99.4 Å². The number of carbonyl (C=O) groups is 3. The van der Waals surface area contributed by atoms with Gasteiger partial charge in [0.1, 0.15) is 34.9 Å². The molecule has 306 valence electrons. The normalized spacial score (nSPS) is 22.2. The number of aliphatic hydroxyl groups is 7. The first-order valence-corrected chi connectivity index (χ1v) is 19.3. The van der Waals surface area contributed by atoms with Crippen LogP contribution in [0.3, 0.4) is 0 Å². The van der Waals surface area contributed by atoms with E-state index < -0.39 is 89.7 Å². The molecule has 6 rings (SSSR count). The first-order chi connectivity index (χ1) is 28.2. The lowest BCUT2D eigenvalue weighted by Gasteiger charge is -2.55. The lowest BCUT2D eigenvalue weighted by molar-refractivity contribution is -0.278. The molecule has 0 aliphatic heterocycles. The summed E-state index contributed by atoms with van der Waals surface area (Å²) in [6.45, 7) is 0. The number of phenols is 1. The van der Waals surface area contributed by atoms with E-state index in [2.05, 4.69) is 0 Å². The maximum absolute atomic E-state index is 15.3. The van der Waals surface area contributed by atoms with E-state index in [-0.39, 0.29) is 23.3 Å². The number of ketones is 3. The Hall–Kier alpha value is -5.63. The highest BCUT2D eigenvalue weighted by Crippen LogP contribution is 2.47. The van der Waals surface area contributed by atoms with E-state index in [0.29, 0.717) is 16.7 Å². The second-order valence-electron chi connectivity index (χ2n) is 15.4. The zero-order chi connectivity index (χ0) is 42.4. The smallest absolute Gasteiger partial charge is 0.180 e. The van der Waals surface area contributed by atoms with Gasteiger partial charge in [-0.1, -0.05) is 140 Å². The van der Waals surface area contributed by atoms with Crippen LogP contribution in [0, 0.1) is 11.8 Å². The first-order valence-electron chi connectivity index (χ1n) is 19.3. The Kier molecular flexibility index (Phi) is 13.2.